The van der Waals surface area contributed by atoms with Crippen molar-refractivity contribution in [1.29, 1.82) is 5.26 Å². The van der Waals surface area contributed by atoms with Gasteiger partial charge in [-0.1, -0.05) is 0 Å². The first kappa shape index (κ1) is 11.3. The van der Waals surface area contributed by atoms with E-state index in [-0.39, 0.29) is 18.7 Å². The fourth-order valence-electron chi connectivity index (χ4n) is 2.35. The van der Waals surface area contributed by atoms with E-state index in [1.165, 1.54) is 4.90 Å². The summed E-state index contributed by atoms with van der Waals surface area (Å²) in [6.07, 6.45) is 1.52. The molecule has 3 nitrogen and oxygen atoms in total. The van der Waals surface area contributed by atoms with Crippen LogP contribution in [0.2, 0.25) is 0 Å². The average molecular weight is 228 g/mol. The van der Waals surface area contributed by atoms with Crippen LogP contribution in [0.4, 0.5) is 8.78 Å². The van der Waals surface area contributed by atoms with Gasteiger partial charge in [0.15, 0.2) is 0 Å². The van der Waals surface area contributed by atoms with Gasteiger partial charge in [-0.3, -0.25) is 4.79 Å². The Labute approximate surface area is 93.0 Å². The van der Waals surface area contributed by atoms with Crippen molar-refractivity contribution in [1.82, 2.24) is 4.90 Å². The van der Waals surface area contributed by atoms with E-state index in [2.05, 4.69) is 6.07 Å². The van der Waals surface area contributed by atoms with E-state index < -0.39 is 17.4 Å². The van der Waals surface area contributed by atoms with Crippen LogP contribution in [0.1, 0.15) is 32.1 Å². The summed E-state index contributed by atoms with van der Waals surface area (Å²) in [5, 5.41) is 9.04. The molecule has 0 atom stereocenters. The molecule has 0 spiro atoms. The Balaban J connectivity index is 1.98. The summed E-state index contributed by atoms with van der Waals surface area (Å²) in [7, 11) is 1.56. The summed E-state index contributed by atoms with van der Waals surface area (Å²) in [5.74, 6) is -3.57. The second-order valence-corrected chi connectivity index (χ2v) is 4.86. The molecule has 0 aromatic heterocycles. The summed E-state index contributed by atoms with van der Waals surface area (Å²) in [6.45, 7) is 0. The molecule has 2 rings (SSSR count). The monoisotopic (exact) mass is 228 g/mol. The SMILES string of the molecule is CN(C(=O)C1CC(F)(F)C1)C1(C#N)CCC1. The minimum absolute atomic E-state index is 0.299. The third-order valence-electron chi connectivity index (χ3n) is 3.80. The summed E-state index contributed by atoms with van der Waals surface area (Å²) in [5.41, 5.74) is -0.720. The number of hydrogen-bond donors (Lipinski definition) is 0. The van der Waals surface area contributed by atoms with Gasteiger partial charge in [-0.25, -0.2) is 8.78 Å². The van der Waals surface area contributed by atoms with Gasteiger partial charge < -0.3 is 4.90 Å². The Morgan fingerprint density at radius 2 is 2.00 bits per heavy atom. The van der Waals surface area contributed by atoms with Crippen molar-refractivity contribution in [3.63, 3.8) is 0 Å². The van der Waals surface area contributed by atoms with E-state index in [1.807, 2.05) is 0 Å². The van der Waals surface area contributed by atoms with Gasteiger partial charge in [-0.15, -0.1) is 0 Å². The molecule has 88 valence electrons. The van der Waals surface area contributed by atoms with Crippen LogP contribution < -0.4 is 0 Å². The minimum Gasteiger partial charge on any atom is -0.327 e. The van der Waals surface area contributed by atoms with Crippen molar-refractivity contribution in [2.45, 2.75) is 43.6 Å². The van der Waals surface area contributed by atoms with Gasteiger partial charge in [-0.05, 0) is 19.3 Å². The highest BCUT2D eigenvalue weighted by molar-refractivity contribution is 5.81. The van der Waals surface area contributed by atoms with E-state index in [0.29, 0.717) is 12.8 Å². The normalized spacial score (nSPS) is 26.1. The molecule has 2 aliphatic carbocycles. The van der Waals surface area contributed by atoms with Crippen LogP contribution in [0.5, 0.6) is 0 Å². The quantitative estimate of drug-likeness (QED) is 0.725. The molecule has 0 heterocycles. The van der Waals surface area contributed by atoms with Crippen LogP contribution in [-0.2, 0) is 4.79 Å². The summed E-state index contributed by atoms with van der Waals surface area (Å²) >= 11 is 0. The Morgan fingerprint density at radius 3 is 2.31 bits per heavy atom. The summed E-state index contributed by atoms with van der Waals surface area (Å²) in [4.78, 5) is 13.2. The highest BCUT2D eigenvalue weighted by Crippen LogP contribution is 2.45. The van der Waals surface area contributed by atoms with Gasteiger partial charge in [0, 0.05) is 25.8 Å². The predicted octanol–water partition coefficient (Wildman–Crippen LogP) is 1.94. The van der Waals surface area contributed by atoms with Crippen molar-refractivity contribution < 1.29 is 13.6 Å². The second kappa shape index (κ2) is 3.41. The van der Waals surface area contributed by atoms with E-state index in [4.69, 9.17) is 5.26 Å². The molecule has 0 unspecified atom stereocenters. The van der Waals surface area contributed by atoms with Crippen LogP contribution in [-0.4, -0.2) is 29.3 Å². The van der Waals surface area contributed by atoms with Crippen molar-refractivity contribution in [3.8, 4) is 6.07 Å². The molecule has 5 heteroatoms. The number of nitriles is 1. The predicted molar refractivity (Wildman–Crippen MR) is 52.6 cm³/mol. The number of amides is 1. The largest absolute Gasteiger partial charge is 0.327 e. The Hall–Kier alpha value is -1.18. The highest BCUT2D eigenvalue weighted by atomic mass is 19.3. The number of carbonyl (C=O) groups excluding carboxylic acids is 1. The van der Waals surface area contributed by atoms with E-state index in [9.17, 15) is 13.6 Å². The maximum atomic E-state index is 12.7. The lowest BCUT2D eigenvalue weighted by atomic mass is 9.74. The van der Waals surface area contributed by atoms with Crippen LogP contribution in [0.15, 0.2) is 0 Å². The van der Waals surface area contributed by atoms with Crippen LogP contribution >= 0.6 is 0 Å². The van der Waals surface area contributed by atoms with Gasteiger partial charge in [0.05, 0.1) is 6.07 Å². The van der Waals surface area contributed by atoms with Crippen LogP contribution in [0, 0.1) is 17.2 Å². The molecular weight excluding hydrogens is 214 g/mol. The average Bonchev–Trinajstić information content (AvgIpc) is 2.11. The summed E-state index contributed by atoms with van der Waals surface area (Å²) in [6, 6.07) is 2.14. The number of rotatable bonds is 2. The lowest BCUT2D eigenvalue weighted by Crippen LogP contribution is -2.57. The fourth-order valence-corrected chi connectivity index (χ4v) is 2.35. The number of carbonyl (C=O) groups is 1. The first-order valence-corrected chi connectivity index (χ1v) is 5.47. The molecule has 1 amide bonds. The lowest BCUT2D eigenvalue weighted by molar-refractivity contribution is -0.164. The molecule has 0 aliphatic heterocycles. The second-order valence-electron chi connectivity index (χ2n) is 4.86. The van der Waals surface area contributed by atoms with Crippen molar-refractivity contribution in [3.05, 3.63) is 0 Å². The smallest absolute Gasteiger partial charge is 0.249 e. The van der Waals surface area contributed by atoms with Gasteiger partial charge in [0.2, 0.25) is 11.8 Å². The van der Waals surface area contributed by atoms with E-state index >= 15 is 0 Å². The highest BCUT2D eigenvalue weighted by Gasteiger charge is 2.52. The van der Waals surface area contributed by atoms with Crippen molar-refractivity contribution in [2.75, 3.05) is 7.05 Å². The van der Waals surface area contributed by atoms with Crippen LogP contribution in [0.3, 0.4) is 0 Å². The first-order valence-electron chi connectivity index (χ1n) is 5.47. The molecule has 0 saturated heterocycles. The number of nitrogens with zero attached hydrogens (tertiary/aromatic N) is 2. The van der Waals surface area contributed by atoms with Crippen molar-refractivity contribution >= 4 is 5.91 Å². The molecule has 2 fully saturated rings. The zero-order valence-electron chi connectivity index (χ0n) is 9.17. The maximum Gasteiger partial charge on any atom is 0.249 e. The number of halogens is 2. The lowest BCUT2D eigenvalue weighted by Gasteiger charge is -2.46. The third-order valence-corrected chi connectivity index (χ3v) is 3.80. The molecule has 0 N–H and O–H groups in total. The minimum atomic E-state index is -2.68. The first-order chi connectivity index (χ1) is 7.40. The zero-order valence-corrected chi connectivity index (χ0v) is 9.17. The number of hydrogen-bond acceptors (Lipinski definition) is 2. The van der Waals surface area contributed by atoms with E-state index in [0.717, 1.165) is 6.42 Å². The number of alkyl halides is 2. The standard InChI is InChI=1S/C11H14F2N2O/c1-15(10(7-14)3-2-4-10)9(16)8-5-11(12,13)6-8/h8H,2-6H2,1H3. The van der Waals surface area contributed by atoms with Crippen molar-refractivity contribution in [2.24, 2.45) is 5.92 Å². The molecule has 0 bridgehead atoms. The molecule has 0 aromatic rings. The Kier molecular flexibility index (Phi) is 2.41. The van der Waals surface area contributed by atoms with E-state index in [1.54, 1.807) is 7.05 Å². The maximum absolute atomic E-state index is 12.7. The van der Waals surface area contributed by atoms with Gasteiger partial charge in [-0.2, -0.15) is 5.26 Å². The van der Waals surface area contributed by atoms with Gasteiger partial charge in [0.1, 0.15) is 5.54 Å². The molecule has 0 aromatic carbocycles. The molecular formula is C11H14F2N2O. The fraction of sp³-hybridized carbons (Fsp3) is 0.818. The molecule has 2 aliphatic rings. The molecule has 16 heavy (non-hydrogen) atoms. The Morgan fingerprint density at radius 1 is 1.44 bits per heavy atom. The third kappa shape index (κ3) is 1.57. The molecule has 2 saturated carbocycles. The Bertz CT molecular complexity index is 349. The van der Waals surface area contributed by atoms with Crippen LogP contribution in [0.25, 0.3) is 0 Å². The van der Waals surface area contributed by atoms with Gasteiger partial charge >= 0.3 is 0 Å². The zero-order chi connectivity index (χ0) is 12.0. The topological polar surface area (TPSA) is 44.1 Å². The summed E-state index contributed by atoms with van der Waals surface area (Å²) < 4.78 is 25.3. The van der Waals surface area contributed by atoms with Gasteiger partial charge in [0.25, 0.3) is 0 Å². The molecule has 0 radical (unpaired) electrons.